The minimum Gasteiger partial charge on any atom is -0.453 e. The van der Waals surface area contributed by atoms with Crippen molar-refractivity contribution in [2.45, 2.75) is 10.1 Å². The number of halogens is 1. The third kappa shape index (κ3) is 5.07. The predicted molar refractivity (Wildman–Crippen MR) is 118 cm³/mol. The lowest BCUT2D eigenvalue weighted by molar-refractivity contribution is 0.479. The molecule has 162 valence electrons. The Hall–Kier alpha value is -4.45. The highest BCUT2D eigenvalue weighted by atomic mass is 32.2. The molecule has 5 aromatic rings. The molecule has 0 unspecified atom stereocenters. The van der Waals surface area contributed by atoms with Crippen LogP contribution >= 0.6 is 11.8 Å². The molecule has 0 radical (unpaired) electrons. The normalized spacial score (nSPS) is 10.7. The summed E-state index contributed by atoms with van der Waals surface area (Å²) in [5.41, 5.74) is 0.708. The lowest BCUT2D eigenvalue weighted by atomic mass is 10.2. The van der Waals surface area contributed by atoms with Gasteiger partial charge in [0, 0.05) is 41.3 Å². The Morgan fingerprint density at radius 2 is 1.79 bits per heavy atom. The second kappa shape index (κ2) is 9.36. The number of hydrogen-bond acceptors (Lipinski definition) is 10. The number of rotatable bonds is 7. The van der Waals surface area contributed by atoms with Crippen molar-refractivity contribution in [2.24, 2.45) is 0 Å². The number of pyridine rings is 2. The summed E-state index contributed by atoms with van der Waals surface area (Å²) in [5.74, 6) is 1.93. The van der Waals surface area contributed by atoms with Crippen LogP contribution in [0.1, 0.15) is 0 Å². The van der Waals surface area contributed by atoms with E-state index >= 15 is 0 Å². The van der Waals surface area contributed by atoms with E-state index in [0.717, 1.165) is 4.90 Å². The minimum atomic E-state index is -0.352. The zero-order chi connectivity index (χ0) is 22.5. The fraction of sp³-hybridized carbons (Fsp3) is 0. The van der Waals surface area contributed by atoms with Crippen molar-refractivity contribution >= 4 is 23.4 Å². The number of hydrogen-bond donors (Lipinski definition) is 2. The first-order chi connectivity index (χ1) is 16.2. The first-order valence-corrected chi connectivity index (χ1v) is 10.4. The number of anilines is 2. The molecule has 0 spiro atoms. The molecule has 0 aliphatic rings. The first-order valence-electron chi connectivity index (χ1n) is 9.58. The van der Waals surface area contributed by atoms with Crippen LogP contribution in [0.4, 0.5) is 16.0 Å². The molecule has 0 atom stereocenters. The van der Waals surface area contributed by atoms with E-state index in [1.54, 1.807) is 49.1 Å². The molecule has 0 saturated carbocycles. The second-order valence-corrected chi connectivity index (χ2v) is 7.54. The molecular weight excluding hydrogens is 445 g/mol. The predicted octanol–water partition coefficient (Wildman–Crippen LogP) is 4.27. The summed E-state index contributed by atoms with van der Waals surface area (Å²) in [5, 5.41) is 17.5. The molecule has 4 heterocycles. The van der Waals surface area contributed by atoms with E-state index in [1.807, 2.05) is 0 Å². The summed E-state index contributed by atoms with van der Waals surface area (Å²) in [6, 6.07) is 12.8. The van der Waals surface area contributed by atoms with Crippen LogP contribution in [-0.2, 0) is 0 Å². The zero-order valence-corrected chi connectivity index (χ0v) is 17.6. The molecule has 10 nitrogen and oxygen atoms in total. The highest BCUT2D eigenvalue weighted by Gasteiger charge is 2.12. The van der Waals surface area contributed by atoms with Gasteiger partial charge in [-0.2, -0.15) is 5.21 Å². The molecule has 2 N–H and O–H groups in total. The number of nitrogens with one attached hydrogen (secondary N) is 2. The summed E-state index contributed by atoms with van der Waals surface area (Å²) in [4.78, 5) is 18.1. The van der Waals surface area contributed by atoms with Crippen molar-refractivity contribution in [1.82, 2.24) is 40.6 Å². The molecule has 0 aliphatic heterocycles. The molecule has 0 aliphatic carbocycles. The van der Waals surface area contributed by atoms with Crippen LogP contribution in [0.2, 0.25) is 0 Å². The van der Waals surface area contributed by atoms with Gasteiger partial charge in [0.05, 0.1) is 0 Å². The highest BCUT2D eigenvalue weighted by Crippen LogP contribution is 2.35. The number of benzene rings is 1. The smallest absolute Gasteiger partial charge is 0.206 e. The summed E-state index contributed by atoms with van der Waals surface area (Å²) >= 11 is 1.34. The van der Waals surface area contributed by atoms with Crippen molar-refractivity contribution in [2.75, 3.05) is 5.32 Å². The van der Waals surface area contributed by atoms with Gasteiger partial charge in [0.2, 0.25) is 5.82 Å². The number of H-pyrrole nitrogens is 1. The van der Waals surface area contributed by atoms with Gasteiger partial charge in [-0.05, 0) is 59.4 Å². The molecule has 33 heavy (non-hydrogen) atoms. The maximum Gasteiger partial charge on any atom is 0.206 e. The van der Waals surface area contributed by atoms with Crippen LogP contribution in [0.25, 0.3) is 11.4 Å². The second-order valence-electron chi connectivity index (χ2n) is 6.50. The van der Waals surface area contributed by atoms with Crippen LogP contribution in [0, 0.1) is 5.82 Å². The third-order valence-electron chi connectivity index (χ3n) is 4.23. The van der Waals surface area contributed by atoms with Gasteiger partial charge in [0.1, 0.15) is 17.4 Å². The zero-order valence-electron chi connectivity index (χ0n) is 16.8. The average Bonchev–Trinajstić information content (AvgIpc) is 3.38. The summed E-state index contributed by atoms with van der Waals surface area (Å²) in [7, 11) is 0. The van der Waals surface area contributed by atoms with E-state index in [4.69, 9.17) is 4.74 Å². The Morgan fingerprint density at radius 3 is 2.52 bits per heavy atom. The number of tetrazole rings is 1. The first kappa shape index (κ1) is 20.5. The Bertz CT molecular complexity index is 1340. The fourth-order valence-corrected chi connectivity index (χ4v) is 3.44. The minimum absolute atomic E-state index is 0.352. The van der Waals surface area contributed by atoms with E-state index in [0.29, 0.717) is 39.7 Å². The van der Waals surface area contributed by atoms with Crippen LogP contribution in [-0.4, -0.2) is 40.6 Å². The van der Waals surface area contributed by atoms with Gasteiger partial charge < -0.3 is 10.1 Å². The van der Waals surface area contributed by atoms with Gasteiger partial charge >= 0.3 is 0 Å². The number of nitrogens with zero attached hydrogens (tertiary/aromatic N) is 7. The van der Waals surface area contributed by atoms with Crippen molar-refractivity contribution in [3.63, 3.8) is 0 Å². The standard InChI is InChI=1S/C21H14FN9OS/c22-14-3-5-15(6-4-14)32-17-10-16(33-21-23-8-1-9-24-21)12-26-20(17)27-18-7-2-13(11-25-18)19-28-30-31-29-19/h1-12H,(H,25,26,27)(H,28,29,30,31). The molecule has 0 fully saturated rings. The summed E-state index contributed by atoms with van der Waals surface area (Å²) in [6.45, 7) is 0. The van der Waals surface area contributed by atoms with Gasteiger partial charge in [-0.25, -0.2) is 24.3 Å². The molecule has 4 aromatic heterocycles. The summed E-state index contributed by atoms with van der Waals surface area (Å²) < 4.78 is 19.3. The highest BCUT2D eigenvalue weighted by molar-refractivity contribution is 7.99. The SMILES string of the molecule is Fc1ccc(Oc2cc(Sc3ncccn3)cnc2Nc2ccc(-c3nn[nH]n3)cn2)cc1. The average molecular weight is 459 g/mol. The maximum absolute atomic E-state index is 13.3. The van der Waals surface area contributed by atoms with E-state index in [-0.39, 0.29) is 5.82 Å². The van der Waals surface area contributed by atoms with Crippen molar-refractivity contribution < 1.29 is 9.13 Å². The molecule has 5 rings (SSSR count). The number of ether oxygens (including phenoxy) is 1. The van der Waals surface area contributed by atoms with E-state index in [9.17, 15) is 4.39 Å². The molecule has 0 saturated heterocycles. The van der Waals surface area contributed by atoms with Crippen molar-refractivity contribution in [1.29, 1.82) is 0 Å². The topological polar surface area (TPSA) is 127 Å². The van der Waals surface area contributed by atoms with Gasteiger partial charge in [-0.15, -0.1) is 10.2 Å². The van der Waals surface area contributed by atoms with Crippen molar-refractivity contribution in [3.05, 3.63) is 79.1 Å². The van der Waals surface area contributed by atoms with E-state index in [2.05, 4.69) is 45.9 Å². The quantitative estimate of drug-likeness (QED) is 0.341. The Labute approximate surface area is 190 Å². The summed E-state index contributed by atoms with van der Waals surface area (Å²) in [6.07, 6.45) is 6.62. The monoisotopic (exact) mass is 459 g/mol. The Kier molecular flexibility index (Phi) is 5.80. The van der Waals surface area contributed by atoms with Crippen LogP contribution in [0.15, 0.2) is 83.4 Å². The largest absolute Gasteiger partial charge is 0.453 e. The van der Waals surface area contributed by atoms with Crippen LogP contribution in [0.3, 0.4) is 0 Å². The van der Waals surface area contributed by atoms with Gasteiger partial charge in [-0.1, -0.05) is 0 Å². The Balaban J connectivity index is 1.42. The molecular formula is C21H14FN9OS. The fourth-order valence-electron chi connectivity index (χ4n) is 2.73. The van der Waals surface area contributed by atoms with Gasteiger partial charge in [-0.3, -0.25) is 0 Å². The molecule has 12 heteroatoms. The molecule has 0 amide bonds. The van der Waals surface area contributed by atoms with Crippen molar-refractivity contribution in [3.8, 4) is 22.9 Å². The maximum atomic E-state index is 13.3. The number of aromatic nitrogens is 8. The third-order valence-corrected chi connectivity index (χ3v) is 5.09. The van der Waals surface area contributed by atoms with Gasteiger partial charge in [0.25, 0.3) is 0 Å². The van der Waals surface area contributed by atoms with Gasteiger partial charge in [0.15, 0.2) is 16.7 Å². The Morgan fingerprint density at radius 1 is 0.939 bits per heavy atom. The lowest BCUT2D eigenvalue weighted by Crippen LogP contribution is -2.00. The lowest BCUT2D eigenvalue weighted by Gasteiger charge is -2.13. The van der Waals surface area contributed by atoms with E-state index in [1.165, 1.54) is 36.0 Å². The molecule has 0 bridgehead atoms. The van der Waals surface area contributed by atoms with E-state index < -0.39 is 0 Å². The number of aromatic amines is 1. The van der Waals surface area contributed by atoms with Crippen LogP contribution in [0.5, 0.6) is 11.5 Å². The van der Waals surface area contributed by atoms with Crippen LogP contribution < -0.4 is 10.1 Å². The molecule has 1 aromatic carbocycles.